The van der Waals surface area contributed by atoms with E-state index in [1.165, 1.54) is 0 Å². The second-order valence-electron chi connectivity index (χ2n) is 5.41. The van der Waals surface area contributed by atoms with E-state index in [0.717, 1.165) is 37.8 Å². The van der Waals surface area contributed by atoms with E-state index in [4.69, 9.17) is 5.21 Å². The normalized spacial score (nSPS) is 10.3. The first kappa shape index (κ1) is 18.2. The average Bonchev–Trinajstić information content (AvgIpc) is 2.56. The summed E-state index contributed by atoms with van der Waals surface area (Å²) < 4.78 is 0. The highest BCUT2D eigenvalue weighted by molar-refractivity contribution is 5.93. The molecule has 0 aromatic heterocycles. The Bertz CT molecular complexity index is 471. The van der Waals surface area contributed by atoms with Crippen molar-refractivity contribution in [1.29, 1.82) is 0 Å². The lowest BCUT2D eigenvalue weighted by molar-refractivity contribution is -0.132. The molecule has 5 heteroatoms. The van der Waals surface area contributed by atoms with Gasteiger partial charge in [-0.25, -0.2) is 5.48 Å². The highest BCUT2D eigenvalue weighted by Crippen LogP contribution is 2.11. The Morgan fingerprint density at radius 1 is 1.09 bits per heavy atom. The standard InChI is InChI=1S/C17H26N2O3/c1-3-5-7-16(20)19(12-6-4-2)13-14-8-10-15(11-9-14)17(21)18-22/h8-11,22H,3-7,12-13H2,1-2H3,(H,18,21). The summed E-state index contributed by atoms with van der Waals surface area (Å²) in [5.74, 6) is -0.346. The minimum absolute atomic E-state index is 0.187. The molecule has 0 aliphatic heterocycles. The number of nitrogens with zero attached hydrogens (tertiary/aromatic N) is 1. The van der Waals surface area contributed by atoms with E-state index in [1.807, 2.05) is 17.0 Å². The molecular formula is C17H26N2O3. The molecule has 22 heavy (non-hydrogen) atoms. The third-order valence-corrected chi connectivity index (χ3v) is 3.57. The van der Waals surface area contributed by atoms with Gasteiger partial charge in [0.25, 0.3) is 5.91 Å². The van der Waals surface area contributed by atoms with Gasteiger partial charge in [0, 0.05) is 25.1 Å². The van der Waals surface area contributed by atoms with Crippen LogP contribution in [0.4, 0.5) is 0 Å². The maximum atomic E-state index is 12.3. The Morgan fingerprint density at radius 2 is 1.73 bits per heavy atom. The van der Waals surface area contributed by atoms with Crippen LogP contribution in [-0.4, -0.2) is 28.5 Å². The molecule has 122 valence electrons. The second kappa shape index (κ2) is 9.95. The maximum absolute atomic E-state index is 12.3. The Hall–Kier alpha value is -1.88. The summed E-state index contributed by atoms with van der Waals surface area (Å²) in [6.07, 6.45) is 4.55. The number of nitrogens with one attached hydrogen (secondary N) is 1. The molecule has 0 spiro atoms. The van der Waals surface area contributed by atoms with E-state index < -0.39 is 5.91 Å². The molecule has 0 aliphatic carbocycles. The summed E-state index contributed by atoms with van der Waals surface area (Å²) in [5.41, 5.74) is 2.98. The first-order valence-corrected chi connectivity index (χ1v) is 7.93. The summed E-state index contributed by atoms with van der Waals surface area (Å²) in [6, 6.07) is 6.93. The van der Waals surface area contributed by atoms with Crippen LogP contribution in [0.25, 0.3) is 0 Å². The fourth-order valence-corrected chi connectivity index (χ4v) is 2.17. The van der Waals surface area contributed by atoms with Crippen molar-refractivity contribution >= 4 is 11.8 Å². The van der Waals surface area contributed by atoms with Crippen molar-refractivity contribution in [3.05, 3.63) is 35.4 Å². The van der Waals surface area contributed by atoms with Crippen LogP contribution < -0.4 is 5.48 Å². The molecule has 1 aromatic carbocycles. The number of benzene rings is 1. The summed E-state index contributed by atoms with van der Waals surface area (Å²) in [4.78, 5) is 25.4. The molecule has 0 radical (unpaired) electrons. The minimum atomic E-state index is -0.534. The molecule has 1 rings (SSSR count). The van der Waals surface area contributed by atoms with Crippen molar-refractivity contribution in [1.82, 2.24) is 10.4 Å². The van der Waals surface area contributed by atoms with E-state index in [9.17, 15) is 9.59 Å². The van der Waals surface area contributed by atoms with Crippen LogP contribution in [-0.2, 0) is 11.3 Å². The third-order valence-electron chi connectivity index (χ3n) is 3.57. The highest BCUT2D eigenvalue weighted by Gasteiger charge is 2.13. The lowest BCUT2D eigenvalue weighted by Gasteiger charge is -2.23. The van der Waals surface area contributed by atoms with Gasteiger partial charge in [0.2, 0.25) is 5.91 Å². The zero-order valence-electron chi connectivity index (χ0n) is 13.5. The van der Waals surface area contributed by atoms with Gasteiger partial charge in [-0.15, -0.1) is 0 Å². The van der Waals surface area contributed by atoms with Gasteiger partial charge in [-0.1, -0.05) is 38.8 Å². The third kappa shape index (κ3) is 5.85. The lowest BCUT2D eigenvalue weighted by atomic mass is 10.1. The van der Waals surface area contributed by atoms with Gasteiger partial charge in [-0.2, -0.15) is 0 Å². The van der Waals surface area contributed by atoms with Crippen molar-refractivity contribution < 1.29 is 14.8 Å². The fourth-order valence-electron chi connectivity index (χ4n) is 2.17. The number of amides is 2. The van der Waals surface area contributed by atoms with Crippen LogP contribution in [0.15, 0.2) is 24.3 Å². The monoisotopic (exact) mass is 306 g/mol. The molecule has 5 nitrogen and oxygen atoms in total. The van der Waals surface area contributed by atoms with E-state index in [2.05, 4.69) is 13.8 Å². The lowest BCUT2D eigenvalue weighted by Crippen LogP contribution is -2.31. The predicted octanol–water partition coefficient (Wildman–Crippen LogP) is 3.12. The van der Waals surface area contributed by atoms with Gasteiger partial charge in [-0.05, 0) is 30.5 Å². The summed E-state index contributed by atoms with van der Waals surface area (Å²) in [5, 5.41) is 8.60. The first-order valence-electron chi connectivity index (χ1n) is 7.93. The zero-order valence-corrected chi connectivity index (χ0v) is 13.5. The van der Waals surface area contributed by atoms with Gasteiger partial charge in [0.1, 0.15) is 0 Å². The largest absolute Gasteiger partial charge is 0.338 e. The molecule has 1 aromatic rings. The molecule has 0 fully saturated rings. The molecule has 0 aliphatic rings. The smallest absolute Gasteiger partial charge is 0.274 e. The molecule has 0 atom stereocenters. The molecule has 2 amide bonds. The van der Waals surface area contributed by atoms with Crippen LogP contribution in [0.1, 0.15) is 61.9 Å². The molecule has 0 unspecified atom stereocenters. The number of unbranched alkanes of at least 4 members (excludes halogenated alkanes) is 2. The van der Waals surface area contributed by atoms with Gasteiger partial charge in [0.05, 0.1) is 0 Å². The van der Waals surface area contributed by atoms with Gasteiger partial charge in [0.15, 0.2) is 0 Å². The minimum Gasteiger partial charge on any atom is -0.338 e. The van der Waals surface area contributed by atoms with Gasteiger partial charge >= 0.3 is 0 Å². The predicted molar refractivity (Wildman–Crippen MR) is 85.5 cm³/mol. The zero-order chi connectivity index (χ0) is 16.4. The highest BCUT2D eigenvalue weighted by atomic mass is 16.5. The quantitative estimate of drug-likeness (QED) is 0.544. The molecular weight excluding hydrogens is 280 g/mol. The van der Waals surface area contributed by atoms with Gasteiger partial charge in [-0.3, -0.25) is 14.8 Å². The number of hydrogen-bond donors (Lipinski definition) is 2. The van der Waals surface area contributed by atoms with Crippen molar-refractivity contribution in [2.75, 3.05) is 6.54 Å². The first-order chi connectivity index (χ1) is 10.6. The van der Waals surface area contributed by atoms with Crippen molar-refractivity contribution in [3.63, 3.8) is 0 Å². The number of hydroxylamine groups is 1. The van der Waals surface area contributed by atoms with Crippen molar-refractivity contribution in [3.8, 4) is 0 Å². The SMILES string of the molecule is CCCCC(=O)N(CCCC)Cc1ccc(C(=O)NO)cc1. The van der Waals surface area contributed by atoms with Crippen LogP contribution in [0, 0.1) is 0 Å². The molecule has 0 bridgehead atoms. The topological polar surface area (TPSA) is 69.6 Å². The summed E-state index contributed by atoms with van der Waals surface area (Å²) in [7, 11) is 0. The van der Waals surface area contributed by atoms with E-state index in [-0.39, 0.29) is 5.91 Å². The number of hydrogen-bond acceptors (Lipinski definition) is 3. The van der Waals surface area contributed by atoms with E-state index in [1.54, 1.807) is 17.6 Å². The Morgan fingerprint density at radius 3 is 2.27 bits per heavy atom. The van der Waals surface area contributed by atoms with Crippen LogP contribution in [0.3, 0.4) is 0 Å². The van der Waals surface area contributed by atoms with E-state index in [0.29, 0.717) is 18.5 Å². The molecule has 2 N–H and O–H groups in total. The molecule has 0 heterocycles. The average molecular weight is 306 g/mol. The Kier molecular flexibility index (Phi) is 8.22. The van der Waals surface area contributed by atoms with Crippen LogP contribution in [0.2, 0.25) is 0 Å². The number of carbonyl (C=O) groups excluding carboxylic acids is 2. The summed E-state index contributed by atoms with van der Waals surface area (Å²) >= 11 is 0. The summed E-state index contributed by atoms with van der Waals surface area (Å²) in [6.45, 7) is 5.51. The van der Waals surface area contributed by atoms with Crippen molar-refractivity contribution in [2.24, 2.45) is 0 Å². The van der Waals surface area contributed by atoms with Crippen LogP contribution >= 0.6 is 0 Å². The number of rotatable bonds is 9. The van der Waals surface area contributed by atoms with Crippen LogP contribution in [0.5, 0.6) is 0 Å². The van der Waals surface area contributed by atoms with Crippen molar-refractivity contribution in [2.45, 2.75) is 52.5 Å². The number of carbonyl (C=O) groups is 2. The fraction of sp³-hybridized carbons (Fsp3) is 0.529. The second-order valence-corrected chi connectivity index (χ2v) is 5.41. The maximum Gasteiger partial charge on any atom is 0.274 e. The van der Waals surface area contributed by atoms with Gasteiger partial charge < -0.3 is 4.90 Å². The Balaban J connectivity index is 2.71. The van der Waals surface area contributed by atoms with E-state index >= 15 is 0 Å². The molecule has 0 saturated heterocycles. The molecule has 0 saturated carbocycles. The Labute approximate surface area is 132 Å².